The number of ether oxygens (including phenoxy) is 1. The first-order valence-corrected chi connectivity index (χ1v) is 8.69. The molecule has 0 unspecified atom stereocenters. The molecule has 1 amide bonds. The van der Waals surface area contributed by atoms with Crippen LogP contribution < -0.4 is 4.74 Å². The van der Waals surface area contributed by atoms with Gasteiger partial charge in [-0.05, 0) is 43.5 Å². The minimum absolute atomic E-state index is 0.187. The van der Waals surface area contributed by atoms with E-state index in [9.17, 15) is 9.18 Å². The highest BCUT2D eigenvalue weighted by atomic mass is 19.1. The lowest BCUT2D eigenvalue weighted by molar-refractivity contribution is -0.133. The van der Waals surface area contributed by atoms with E-state index in [0.29, 0.717) is 31.2 Å². The number of rotatable bonds is 7. The summed E-state index contributed by atoms with van der Waals surface area (Å²) < 4.78 is 20.4. The number of benzene rings is 1. The van der Waals surface area contributed by atoms with Crippen molar-refractivity contribution in [2.24, 2.45) is 5.92 Å². The Hall–Kier alpha value is -2.44. The number of aryl methyl sites for hydroxylation is 1. The van der Waals surface area contributed by atoms with Crippen molar-refractivity contribution in [3.63, 3.8) is 0 Å². The molecule has 134 valence electrons. The van der Waals surface area contributed by atoms with E-state index in [4.69, 9.17) is 4.74 Å². The minimum Gasteiger partial charge on any atom is -0.493 e. The smallest absolute Gasteiger partial charge is 0.222 e. The van der Waals surface area contributed by atoms with Crippen molar-refractivity contribution in [1.29, 1.82) is 0 Å². The number of carbonyl (C=O) groups is 1. The number of carbonyl (C=O) groups excluding carboxylic acids is 1. The lowest BCUT2D eigenvalue weighted by Gasteiger charge is -2.32. The monoisotopic (exact) mass is 346 g/mol. The Morgan fingerprint density at radius 2 is 2.16 bits per heavy atom. The zero-order chi connectivity index (χ0) is 17.5. The molecular formula is C18H23FN4O2. The second-order valence-corrected chi connectivity index (χ2v) is 6.38. The number of halogens is 1. The highest BCUT2D eigenvalue weighted by Gasteiger charge is 2.23. The van der Waals surface area contributed by atoms with Gasteiger partial charge in [-0.2, -0.15) is 5.10 Å². The molecule has 0 saturated carbocycles. The minimum atomic E-state index is -0.271. The normalized spacial score (nSPS) is 17.5. The van der Waals surface area contributed by atoms with Gasteiger partial charge in [0.15, 0.2) is 0 Å². The van der Waals surface area contributed by atoms with Crippen LogP contribution in [0.4, 0.5) is 4.39 Å². The Labute approximate surface area is 146 Å². The Bertz CT molecular complexity index is 660. The molecule has 3 rings (SSSR count). The molecule has 2 aromatic rings. The summed E-state index contributed by atoms with van der Waals surface area (Å²) in [4.78, 5) is 18.2. The van der Waals surface area contributed by atoms with Gasteiger partial charge in [0.2, 0.25) is 5.91 Å². The predicted octanol–water partition coefficient (Wildman–Crippen LogP) is 2.52. The van der Waals surface area contributed by atoms with Crippen LogP contribution in [0.15, 0.2) is 36.9 Å². The molecule has 1 fully saturated rings. The summed E-state index contributed by atoms with van der Waals surface area (Å²) in [7, 11) is 0. The van der Waals surface area contributed by atoms with Crippen molar-refractivity contribution in [2.45, 2.75) is 32.2 Å². The van der Waals surface area contributed by atoms with Crippen LogP contribution in [0.2, 0.25) is 0 Å². The molecular weight excluding hydrogens is 323 g/mol. The number of hydrogen-bond donors (Lipinski definition) is 0. The summed E-state index contributed by atoms with van der Waals surface area (Å²) >= 11 is 0. The first-order valence-electron chi connectivity index (χ1n) is 8.69. The molecule has 1 aromatic heterocycles. The Balaban J connectivity index is 1.40. The second kappa shape index (κ2) is 8.60. The van der Waals surface area contributed by atoms with Gasteiger partial charge in [0.25, 0.3) is 0 Å². The van der Waals surface area contributed by atoms with E-state index in [1.165, 1.54) is 18.5 Å². The molecule has 25 heavy (non-hydrogen) atoms. The van der Waals surface area contributed by atoms with Crippen molar-refractivity contribution in [1.82, 2.24) is 19.7 Å². The van der Waals surface area contributed by atoms with Gasteiger partial charge in [-0.1, -0.05) is 0 Å². The van der Waals surface area contributed by atoms with Crippen LogP contribution >= 0.6 is 0 Å². The predicted molar refractivity (Wildman–Crippen MR) is 90.5 cm³/mol. The third kappa shape index (κ3) is 5.27. The van der Waals surface area contributed by atoms with E-state index in [-0.39, 0.29) is 11.7 Å². The van der Waals surface area contributed by atoms with E-state index in [1.807, 2.05) is 4.90 Å². The van der Waals surface area contributed by atoms with E-state index < -0.39 is 0 Å². The lowest BCUT2D eigenvalue weighted by atomic mass is 9.98. The molecule has 0 radical (unpaired) electrons. The van der Waals surface area contributed by atoms with Gasteiger partial charge >= 0.3 is 0 Å². The Morgan fingerprint density at radius 1 is 1.32 bits per heavy atom. The van der Waals surface area contributed by atoms with Gasteiger partial charge in [-0.3, -0.25) is 9.48 Å². The maximum atomic E-state index is 12.9. The molecule has 0 bridgehead atoms. The third-order valence-corrected chi connectivity index (χ3v) is 4.42. The van der Waals surface area contributed by atoms with Gasteiger partial charge in [-0.25, -0.2) is 9.37 Å². The van der Waals surface area contributed by atoms with Crippen LogP contribution in [-0.4, -0.2) is 45.3 Å². The van der Waals surface area contributed by atoms with Crippen molar-refractivity contribution in [2.75, 3.05) is 19.7 Å². The third-order valence-electron chi connectivity index (χ3n) is 4.42. The number of amides is 1. The molecule has 2 heterocycles. The van der Waals surface area contributed by atoms with Crippen molar-refractivity contribution in [3.8, 4) is 5.75 Å². The molecule has 0 aliphatic carbocycles. The number of nitrogens with zero attached hydrogens (tertiary/aromatic N) is 4. The number of aromatic nitrogens is 3. The van der Waals surface area contributed by atoms with Crippen molar-refractivity contribution < 1.29 is 13.9 Å². The SMILES string of the molecule is O=C(CCCn1cncn1)N1CCC[C@H](COc2ccc(F)cc2)C1. The first kappa shape index (κ1) is 17.4. The fraction of sp³-hybridized carbons (Fsp3) is 0.500. The second-order valence-electron chi connectivity index (χ2n) is 6.38. The first-order chi connectivity index (χ1) is 12.2. The summed E-state index contributed by atoms with van der Waals surface area (Å²) in [6.07, 6.45) is 6.48. The average molecular weight is 346 g/mol. The zero-order valence-corrected chi connectivity index (χ0v) is 14.2. The van der Waals surface area contributed by atoms with E-state index in [1.54, 1.807) is 23.1 Å². The highest BCUT2D eigenvalue weighted by Crippen LogP contribution is 2.20. The quantitative estimate of drug-likeness (QED) is 0.773. The summed E-state index contributed by atoms with van der Waals surface area (Å²) in [6.45, 7) is 2.80. The summed E-state index contributed by atoms with van der Waals surface area (Å²) in [5.74, 6) is 0.898. The van der Waals surface area contributed by atoms with E-state index in [2.05, 4.69) is 10.1 Å². The molecule has 0 spiro atoms. The van der Waals surface area contributed by atoms with Crippen molar-refractivity contribution in [3.05, 3.63) is 42.7 Å². The van der Waals surface area contributed by atoms with Gasteiger partial charge in [-0.15, -0.1) is 0 Å². The molecule has 1 aliphatic heterocycles. The topological polar surface area (TPSA) is 60.2 Å². The Kier molecular flexibility index (Phi) is 5.98. The van der Waals surface area contributed by atoms with E-state index in [0.717, 1.165) is 32.4 Å². The largest absolute Gasteiger partial charge is 0.493 e. The zero-order valence-electron chi connectivity index (χ0n) is 14.2. The highest BCUT2D eigenvalue weighted by molar-refractivity contribution is 5.76. The molecule has 6 nitrogen and oxygen atoms in total. The van der Waals surface area contributed by atoms with Crippen molar-refractivity contribution >= 4 is 5.91 Å². The van der Waals surface area contributed by atoms with Gasteiger partial charge in [0.05, 0.1) is 6.61 Å². The summed E-state index contributed by atoms with van der Waals surface area (Å²) in [5, 5.41) is 4.04. The Morgan fingerprint density at radius 3 is 2.92 bits per heavy atom. The maximum absolute atomic E-state index is 12.9. The molecule has 1 aromatic carbocycles. The summed E-state index contributed by atoms with van der Waals surface area (Å²) in [5.41, 5.74) is 0. The molecule has 1 saturated heterocycles. The molecule has 0 N–H and O–H groups in total. The number of likely N-dealkylation sites (tertiary alicyclic amines) is 1. The lowest BCUT2D eigenvalue weighted by Crippen LogP contribution is -2.41. The fourth-order valence-electron chi connectivity index (χ4n) is 3.07. The summed E-state index contributed by atoms with van der Waals surface area (Å²) in [6, 6.07) is 6.04. The average Bonchev–Trinajstić information content (AvgIpc) is 3.15. The van der Waals surface area contributed by atoms with Crippen LogP contribution in [0.25, 0.3) is 0 Å². The van der Waals surface area contributed by atoms with Crippen LogP contribution in [0.3, 0.4) is 0 Å². The number of piperidine rings is 1. The van der Waals surface area contributed by atoms with Gasteiger partial charge in [0, 0.05) is 32.0 Å². The van der Waals surface area contributed by atoms with E-state index >= 15 is 0 Å². The van der Waals surface area contributed by atoms with Gasteiger partial charge < -0.3 is 9.64 Å². The molecule has 1 atom stereocenters. The van der Waals surface area contributed by atoms with Crippen LogP contribution in [0, 0.1) is 11.7 Å². The standard InChI is InChI=1S/C18H23FN4O2/c19-16-5-7-17(8-6-16)25-12-15-3-1-9-22(11-15)18(24)4-2-10-23-14-20-13-21-23/h5-8,13-15H,1-4,9-12H2/t15-/m0/s1. The van der Waals surface area contributed by atoms with Crippen LogP contribution in [0.1, 0.15) is 25.7 Å². The number of hydrogen-bond acceptors (Lipinski definition) is 4. The molecule has 1 aliphatic rings. The van der Waals surface area contributed by atoms with Gasteiger partial charge in [0.1, 0.15) is 24.2 Å². The fourth-order valence-corrected chi connectivity index (χ4v) is 3.07. The van der Waals surface area contributed by atoms with Crippen LogP contribution in [-0.2, 0) is 11.3 Å². The van der Waals surface area contributed by atoms with Crippen LogP contribution in [0.5, 0.6) is 5.75 Å². The molecule has 7 heteroatoms. The maximum Gasteiger partial charge on any atom is 0.222 e.